The van der Waals surface area contributed by atoms with E-state index in [4.69, 9.17) is 23.2 Å². The van der Waals surface area contributed by atoms with Crippen molar-refractivity contribution in [3.63, 3.8) is 0 Å². The topological polar surface area (TPSA) is 122 Å². The van der Waals surface area contributed by atoms with Crippen LogP contribution < -0.4 is 10.3 Å². The number of carbonyl (C=O) groups is 3. The van der Waals surface area contributed by atoms with E-state index in [1.807, 2.05) is 48.5 Å². The summed E-state index contributed by atoms with van der Waals surface area (Å²) in [6, 6.07) is 25.1. The maximum atomic E-state index is 14.4. The van der Waals surface area contributed by atoms with E-state index >= 15 is 0 Å². The van der Waals surface area contributed by atoms with Crippen LogP contribution in [0.1, 0.15) is 38.5 Å². The van der Waals surface area contributed by atoms with Crippen LogP contribution >= 0.6 is 23.2 Å². The lowest BCUT2D eigenvalue weighted by molar-refractivity contribution is -0.384. The molecule has 1 aliphatic heterocycles. The zero-order chi connectivity index (χ0) is 30.0. The Morgan fingerprint density at radius 1 is 0.907 bits per heavy atom. The molecule has 212 valence electrons. The van der Waals surface area contributed by atoms with Gasteiger partial charge in [0.25, 0.3) is 11.6 Å². The highest BCUT2D eigenvalue weighted by atomic mass is 35.5. The first kappa shape index (κ1) is 27.0. The number of hydrazone groups is 1. The number of imide groups is 1. The zero-order valence-electron chi connectivity index (χ0n) is 22.1. The van der Waals surface area contributed by atoms with Crippen LogP contribution in [0.15, 0.2) is 96.1 Å². The number of nitrogens with zero attached hydrogens (tertiary/aromatic N) is 3. The number of carbonyl (C=O) groups excluding carboxylic acids is 3. The Labute approximate surface area is 254 Å². The predicted octanol–water partition coefficient (Wildman–Crippen LogP) is 5.87. The monoisotopic (exact) mass is 610 g/mol. The van der Waals surface area contributed by atoms with Crippen LogP contribution in [0.3, 0.4) is 0 Å². The van der Waals surface area contributed by atoms with Crippen molar-refractivity contribution < 1.29 is 19.3 Å². The van der Waals surface area contributed by atoms with Crippen LogP contribution in [-0.4, -0.2) is 28.9 Å². The number of benzene rings is 4. The fourth-order valence-electron chi connectivity index (χ4n) is 6.95. The van der Waals surface area contributed by atoms with E-state index in [1.165, 1.54) is 36.4 Å². The maximum Gasteiger partial charge on any atom is 0.272 e. The number of rotatable bonds is 5. The van der Waals surface area contributed by atoms with Gasteiger partial charge in [-0.15, -0.1) is 0 Å². The molecule has 43 heavy (non-hydrogen) atoms. The molecule has 0 saturated carbocycles. The minimum atomic E-state index is -1.20. The van der Waals surface area contributed by atoms with E-state index in [0.717, 1.165) is 27.2 Å². The number of nitro benzene ring substituents is 1. The number of nitrogens with one attached hydrogen (secondary N) is 1. The van der Waals surface area contributed by atoms with Crippen LogP contribution in [0.25, 0.3) is 0 Å². The van der Waals surface area contributed by atoms with Crippen molar-refractivity contribution in [3.05, 3.63) is 139 Å². The molecule has 2 bridgehead atoms. The predicted molar refractivity (Wildman–Crippen MR) is 160 cm³/mol. The van der Waals surface area contributed by atoms with E-state index in [9.17, 15) is 24.5 Å². The van der Waals surface area contributed by atoms with E-state index < -0.39 is 45.8 Å². The Hall–Kier alpha value is -4.86. The lowest BCUT2D eigenvalue weighted by atomic mass is 9.47. The van der Waals surface area contributed by atoms with Gasteiger partial charge in [-0.05, 0) is 52.6 Å². The van der Waals surface area contributed by atoms with Crippen molar-refractivity contribution in [3.8, 4) is 0 Å². The van der Waals surface area contributed by atoms with Gasteiger partial charge in [-0.3, -0.25) is 24.5 Å². The van der Waals surface area contributed by atoms with Crippen molar-refractivity contribution in [2.45, 2.75) is 11.3 Å². The first-order chi connectivity index (χ1) is 20.7. The van der Waals surface area contributed by atoms with Crippen LogP contribution in [-0.2, 0) is 15.0 Å². The molecule has 9 nitrogen and oxygen atoms in total. The summed E-state index contributed by atoms with van der Waals surface area (Å²) in [4.78, 5) is 53.4. The maximum absolute atomic E-state index is 14.4. The zero-order valence-corrected chi connectivity index (χ0v) is 23.6. The van der Waals surface area contributed by atoms with Crippen LogP contribution in [0.2, 0.25) is 10.0 Å². The number of amides is 3. The third kappa shape index (κ3) is 3.85. The molecule has 1 saturated heterocycles. The van der Waals surface area contributed by atoms with Gasteiger partial charge in [0.05, 0.1) is 38.4 Å². The molecular weight excluding hydrogens is 591 g/mol. The molecule has 4 aromatic carbocycles. The second-order valence-electron chi connectivity index (χ2n) is 10.6. The number of hydrogen-bond donors (Lipinski definition) is 1. The average Bonchev–Trinajstić information content (AvgIpc) is 3.27. The van der Waals surface area contributed by atoms with Gasteiger partial charge in [-0.2, -0.15) is 5.10 Å². The van der Waals surface area contributed by atoms with Gasteiger partial charge in [0.2, 0.25) is 11.8 Å². The molecule has 3 aliphatic carbocycles. The van der Waals surface area contributed by atoms with Crippen molar-refractivity contribution in [2.75, 3.05) is 4.90 Å². The molecule has 1 fully saturated rings. The molecule has 4 aliphatic rings. The quantitative estimate of drug-likeness (QED) is 0.131. The summed E-state index contributed by atoms with van der Waals surface area (Å²) in [6.07, 6.45) is 1.55. The number of nitro groups is 1. The number of non-ortho nitro benzene ring substituents is 1. The Bertz CT molecular complexity index is 1860. The standard InChI is InChI=1S/C32H20Cl2N4O5/c33-17-9-14-22(25(34)15-17)29(39)36-35-16-32-23-7-3-1-5-20(23)26(21-6-2-4-8-24(21)32)27-28(32)31(41)37(30(27)40)18-10-12-19(13-11-18)38(42)43/h1-16,26-28H,(H,36,39)/b35-16-/t26?,27-,28-,32?/m0/s1. The summed E-state index contributed by atoms with van der Waals surface area (Å²) in [7, 11) is 0. The SMILES string of the molecule is O=C(N/N=C\C12c3ccccc3C(c3ccccc31)[C@@H]1C(=O)N(c3ccc([N+](=O)[O-])cc3)C(=O)[C@H]12)c1ccc(Cl)cc1Cl. The number of halogens is 2. The van der Waals surface area contributed by atoms with Gasteiger partial charge < -0.3 is 0 Å². The molecule has 2 atom stereocenters. The van der Waals surface area contributed by atoms with Gasteiger partial charge in [0.1, 0.15) is 0 Å². The second kappa shape index (κ2) is 9.86. The Morgan fingerprint density at radius 3 is 2.14 bits per heavy atom. The van der Waals surface area contributed by atoms with Gasteiger partial charge in [-0.25, -0.2) is 10.3 Å². The highest BCUT2D eigenvalue weighted by molar-refractivity contribution is 6.36. The summed E-state index contributed by atoms with van der Waals surface area (Å²) in [5, 5.41) is 16.1. The molecular formula is C32H20Cl2N4O5. The lowest BCUT2D eigenvalue weighted by Crippen LogP contribution is -2.54. The van der Waals surface area contributed by atoms with Gasteiger partial charge in [-0.1, -0.05) is 71.7 Å². The first-order valence-electron chi connectivity index (χ1n) is 13.3. The summed E-state index contributed by atoms with van der Waals surface area (Å²) in [5.41, 5.74) is 5.02. The fraction of sp³-hybridized carbons (Fsp3) is 0.125. The van der Waals surface area contributed by atoms with Crippen molar-refractivity contribution in [2.24, 2.45) is 16.9 Å². The van der Waals surface area contributed by atoms with Crippen molar-refractivity contribution in [1.29, 1.82) is 0 Å². The van der Waals surface area contributed by atoms with Crippen molar-refractivity contribution in [1.82, 2.24) is 5.43 Å². The molecule has 4 aromatic rings. The third-order valence-corrected chi connectivity index (χ3v) is 9.16. The Morgan fingerprint density at radius 2 is 1.53 bits per heavy atom. The molecule has 0 radical (unpaired) electrons. The minimum Gasteiger partial charge on any atom is -0.274 e. The third-order valence-electron chi connectivity index (χ3n) is 8.61. The van der Waals surface area contributed by atoms with Crippen molar-refractivity contribution >= 4 is 58.5 Å². The number of anilines is 1. The summed E-state index contributed by atoms with van der Waals surface area (Å²) < 4.78 is 0. The van der Waals surface area contributed by atoms with E-state index in [2.05, 4.69) is 10.5 Å². The highest BCUT2D eigenvalue weighted by Gasteiger charge is 2.68. The first-order valence-corrected chi connectivity index (χ1v) is 14.1. The molecule has 1 heterocycles. The second-order valence-corrected chi connectivity index (χ2v) is 11.5. The minimum absolute atomic E-state index is 0.153. The highest BCUT2D eigenvalue weighted by Crippen LogP contribution is 2.63. The summed E-state index contributed by atoms with van der Waals surface area (Å²) in [6.45, 7) is 0. The normalized spacial score (nSPS) is 23.2. The van der Waals surface area contributed by atoms with Gasteiger partial charge in [0, 0.05) is 29.3 Å². The average molecular weight is 611 g/mol. The number of hydrogen-bond acceptors (Lipinski definition) is 6. The smallest absolute Gasteiger partial charge is 0.272 e. The van der Waals surface area contributed by atoms with E-state index in [-0.39, 0.29) is 22.0 Å². The fourth-order valence-corrected chi connectivity index (χ4v) is 7.45. The summed E-state index contributed by atoms with van der Waals surface area (Å²) in [5.74, 6) is -3.46. The lowest BCUT2D eigenvalue weighted by Gasteiger charge is -2.52. The summed E-state index contributed by atoms with van der Waals surface area (Å²) >= 11 is 12.2. The van der Waals surface area contributed by atoms with Gasteiger partial charge in [0.15, 0.2) is 0 Å². The Balaban J connectivity index is 1.37. The molecule has 1 N–H and O–H groups in total. The molecule has 0 aromatic heterocycles. The molecule has 8 rings (SSSR count). The van der Waals surface area contributed by atoms with Gasteiger partial charge >= 0.3 is 0 Å². The van der Waals surface area contributed by atoms with Crippen LogP contribution in [0.4, 0.5) is 11.4 Å². The Kier molecular flexibility index (Phi) is 6.19. The molecule has 11 heteroatoms. The molecule has 0 spiro atoms. The molecule has 3 amide bonds. The van der Waals surface area contributed by atoms with Crippen LogP contribution in [0.5, 0.6) is 0 Å². The molecule has 0 unspecified atom stereocenters. The largest absolute Gasteiger partial charge is 0.274 e. The van der Waals surface area contributed by atoms with E-state index in [1.54, 1.807) is 12.3 Å². The van der Waals surface area contributed by atoms with E-state index in [0.29, 0.717) is 5.02 Å². The van der Waals surface area contributed by atoms with Crippen LogP contribution in [0, 0.1) is 22.0 Å².